The fourth-order valence-electron chi connectivity index (χ4n) is 4.00. The number of imidazole rings is 1. The van der Waals surface area contributed by atoms with E-state index in [1.807, 2.05) is 49.4 Å². The zero-order chi connectivity index (χ0) is 23.9. The predicted octanol–water partition coefficient (Wildman–Crippen LogP) is 6.28. The Morgan fingerprint density at radius 3 is 2.53 bits per heavy atom. The molecule has 0 saturated carbocycles. The number of rotatable bonds is 10. The second-order valence-electron chi connectivity index (χ2n) is 8.57. The highest BCUT2D eigenvalue weighted by Gasteiger charge is 2.18. The number of fused-ring (bicyclic) bond motifs is 1. The van der Waals surface area contributed by atoms with E-state index in [2.05, 4.69) is 35.0 Å². The lowest BCUT2D eigenvalue weighted by molar-refractivity contribution is -0.121. The maximum atomic E-state index is 12.7. The number of para-hydroxylation sites is 2. The van der Waals surface area contributed by atoms with Gasteiger partial charge in [-0.25, -0.2) is 4.98 Å². The molecule has 1 aromatic heterocycles. The summed E-state index contributed by atoms with van der Waals surface area (Å²) in [5.41, 5.74) is 4.17. The van der Waals surface area contributed by atoms with Gasteiger partial charge in [0.1, 0.15) is 11.6 Å². The first-order valence-electron chi connectivity index (χ1n) is 11.7. The van der Waals surface area contributed by atoms with Gasteiger partial charge in [0.2, 0.25) is 5.91 Å². The van der Waals surface area contributed by atoms with Crippen LogP contribution >= 0.6 is 11.6 Å². The van der Waals surface area contributed by atoms with Crippen molar-refractivity contribution in [3.8, 4) is 5.75 Å². The van der Waals surface area contributed by atoms with E-state index in [4.69, 9.17) is 21.3 Å². The van der Waals surface area contributed by atoms with Crippen LogP contribution in [0.4, 0.5) is 0 Å². The van der Waals surface area contributed by atoms with Crippen molar-refractivity contribution >= 4 is 28.5 Å². The molecule has 0 spiro atoms. The first kappa shape index (κ1) is 23.8. The summed E-state index contributed by atoms with van der Waals surface area (Å²) in [7, 11) is 0. The number of amides is 1. The van der Waals surface area contributed by atoms with Gasteiger partial charge < -0.3 is 14.6 Å². The lowest BCUT2D eigenvalue weighted by Crippen LogP contribution is -2.30. The summed E-state index contributed by atoms with van der Waals surface area (Å²) in [5.74, 6) is 1.72. The summed E-state index contributed by atoms with van der Waals surface area (Å²) >= 11 is 5.95. The number of aromatic nitrogens is 2. The summed E-state index contributed by atoms with van der Waals surface area (Å²) in [6, 6.07) is 23.4. The zero-order valence-corrected chi connectivity index (χ0v) is 20.4. The van der Waals surface area contributed by atoms with Crippen LogP contribution in [0.25, 0.3) is 11.0 Å². The van der Waals surface area contributed by atoms with Gasteiger partial charge in [0, 0.05) is 11.6 Å². The monoisotopic (exact) mass is 475 g/mol. The number of halogens is 1. The molecule has 4 rings (SSSR count). The van der Waals surface area contributed by atoms with E-state index in [1.54, 1.807) is 12.1 Å². The van der Waals surface area contributed by atoms with Crippen LogP contribution in [-0.2, 0) is 17.8 Å². The highest BCUT2D eigenvalue weighted by atomic mass is 35.5. The van der Waals surface area contributed by atoms with Gasteiger partial charge in [0.25, 0.3) is 0 Å². The van der Waals surface area contributed by atoms with Crippen LogP contribution in [0, 0.1) is 6.92 Å². The third-order valence-corrected chi connectivity index (χ3v) is 6.04. The van der Waals surface area contributed by atoms with E-state index in [0.717, 1.165) is 47.6 Å². The molecule has 1 amide bonds. The van der Waals surface area contributed by atoms with Crippen LogP contribution < -0.4 is 10.1 Å². The normalized spacial score (nSPS) is 12.0. The average Bonchev–Trinajstić information content (AvgIpc) is 3.20. The topological polar surface area (TPSA) is 56.1 Å². The molecule has 1 heterocycles. The second kappa shape index (κ2) is 11.2. The Morgan fingerprint density at radius 1 is 1.03 bits per heavy atom. The summed E-state index contributed by atoms with van der Waals surface area (Å²) in [6.45, 7) is 5.53. The van der Waals surface area contributed by atoms with Crippen LogP contribution in [0.15, 0.2) is 72.8 Å². The Kier molecular flexibility index (Phi) is 7.86. The summed E-state index contributed by atoms with van der Waals surface area (Å²) in [5, 5.41) is 3.77. The summed E-state index contributed by atoms with van der Waals surface area (Å²) < 4.78 is 8.09. The smallest absolute Gasteiger partial charge is 0.224 e. The van der Waals surface area contributed by atoms with Crippen LogP contribution in [0.5, 0.6) is 5.75 Å². The minimum absolute atomic E-state index is 0.0417. The predicted molar refractivity (Wildman–Crippen MR) is 137 cm³/mol. The molecule has 1 atom stereocenters. The highest BCUT2D eigenvalue weighted by molar-refractivity contribution is 6.30. The molecule has 176 valence electrons. The lowest BCUT2D eigenvalue weighted by Gasteiger charge is -2.17. The maximum absolute atomic E-state index is 12.7. The standard InChI is InChI=1S/C28H30ClN3O2/c1-20-9-15-24(16-10-20)34-18-6-5-17-32-26-8-4-3-7-25(26)31-28(32)21(2)30-27(33)19-22-11-13-23(29)14-12-22/h3-4,7-16,21H,5-6,17-19H2,1-2H3,(H,30,33). The summed E-state index contributed by atoms with van der Waals surface area (Å²) in [6.07, 6.45) is 2.18. The van der Waals surface area contributed by atoms with Gasteiger partial charge in [-0.3, -0.25) is 4.79 Å². The van der Waals surface area contributed by atoms with Crippen molar-refractivity contribution in [1.82, 2.24) is 14.9 Å². The first-order chi connectivity index (χ1) is 16.5. The van der Waals surface area contributed by atoms with E-state index < -0.39 is 0 Å². The van der Waals surface area contributed by atoms with Gasteiger partial charge >= 0.3 is 0 Å². The second-order valence-corrected chi connectivity index (χ2v) is 9.01. The highest BCUT2D eigenvalue weighted by Crippen LogP contribution is 2.22. The quantitative estimate of drug-likeness (QED) is 0.275. The molecule has 1 unspecified atom stereocenters. The van der Waals surface area contributed by atoms with Gasteiger partial charge in [0.05, 0.1) is 30.1 Å². The largest absolute Gasteiger partial charge is 0.494 e. The summed E-state index contributed by atoms with van der Waals surface area (Å²) in [4.78, 5) is 17.5. The molecule has 0 saturated heterocycles. The van der Waals surface area contributed by atoms with Gasteiger partial charge in [-0.05, 0) is 68.7 Å². The molecule has 0 radical (unpaired) electrons. The van der Waals surface area contributed by atoms with E-state index in [9.17, 15) is 4.79 Å². The Bertz CT molecular complexity index is 1230. The SMILES string of the molecule is Cc1ccc(OCCCCn2c(C(C)NC(=O)Cc3ccc(Cl)cc3)nc3ccccc32)cc1. The number of nitrogens with zero attached hydrogens (tertiary/aromatic N) is 2. The van der Waals surface area contributed by atoms with E-state index in [-0.39, 0.29) is 11.9 Å². The van der Waals surface area contributed by atoms with Crippen LogP contribution in [0.2, 0.25) is 5.02 Å². The minimum Gasteiger partial charge on any atom is -0.494 e. The molecular weight excluding hydrogens is 446 g/mol. The molecule has 5 nitrogen and oxygen atoms in total. The van der Waals surface area contributed by atoms with E-state index in [0.29, 0.717) is 18.1 Å². The molecule has 0 aliphatic carbocycles. The van der Waals surface area contributed by atoms with Crippen molar-refractivity contribution in [1.29, 1.82) is 0 Å². The number of hydrogen-bond donors (Lipinski definition) is 1. The third-order valence-electron chi connectivity index (χ3n) is 5.79. The molecule has 0 aliphatic rings. The van der Waals surface area contributed by atoms with Crippen LogP contribution in [0.1, 0.15) is 42.8 Å². The number of carbonyl (C=O) groups excluding carboxylic acids is 1. The fraction of sp³-hybridized carbons (Fsp3) is 0.286. The maximum Gasteiger partial charge on any atom is 0.224 e. The zero-order valence-electron chi connectivity index (χ0n) is 19.6. The van der Waals surface area contributed by atoms with Crippen molar-refractivity contribution in [3.05, 3.63) is 94.8 Å². The molecule has 1 N–H and O–H groups in total. The number of ether oxygens (including phenoxy) is 1. The van der Waals surface area contributed by atoms with Crippen molar-refractivity contribution in [2.75, 3.05) is 6.61 Å². The fourth-order valence-corrected chi connectivity index (χ4v) is 4.13. The van der Waals surface area contributed by atoms with Crippen molar-refractivity contribution in [3.63, 3.8) is 0 Å². The molecule has 0 fully saturated rings. The van der Waals surface area contributed by atoms with Gasteiger partial charge in [-0.1, -0.05) is 53.6 Å². The molecular formula is C28H30ClN3O2. The van der Waals surface area contributed by atoms with Gasteiger partial charge in [0.15, 0.2) is 0 Å². The Hall–Kier alpha value is -3.31. The Balaban J connectivity index is 1.38. The first-order valence-corrected chi connectivity index (χ1v) is 12.1. The lowest BCUT2D eigenvalue weighted by atomic mass is 10.1. The number of unbranched alkanes of at least 4 members (excludes halogenated alkanes) is 1. The van der Waals surface area contributed by atoms with Crippen molar-refractivity contribution in [2.24, 2.45) is 0 Å². The molecule has 34 heavy (non-hydrogen) atoms. The van der Waals surface area contributed by atoms with Crippen molar-refractivity contribution in [2.45, 2.75) is 45.7 Å². The van der Waals surface area contributed by atoms with E-state index in [1.165, 1.54) is 5.56 Å². The van der Waals surface area contributed by atoms with Crippen LogP contribution in [0.3, 0.4) is 0 Å². The Morgan fingerprint density at radius 2 is 1.76 bits per heavy atom. The Labute approximate surface area is 205 Å². The number of benzene rings is 3. The molecule has 4 aromatic rings. The van der Waals surface area contributed by atoms with E-state index >= 15 is 0 Å². The molecule has 6 heteroatoms. The van der Waals surface area contributed by atoms with Crippen molar-refractivity contribution < 1.29 is 9.53 Å². The number of aryl methyl sites for hydroxylation is 2. The number of nitrogens with one attached hydrogen (secondary N) is 1. The molecule has 0 bridgehead atoms. The number of hydrogen-bond acceptors (Lipinski definition) is 3. The molecule has 0 aliphatic heterocycles. The van der Waals surface area contributed by atoms with Crippen LogP contribution in [-0.4, -0.2) is 22.1 Å². The van der Waals surface area contributed by atoms with Gasteiger partial charge in [-0.15, -0.1) is 0 Å². The third kappa shape index (κ3) is 6.17. The number of carbonyl (C=O) groups is 1. The molecule has 3 aromatic carbocycles. The average molecular weight is 476 g/mol. The van der Waals surface area contributed by atoms with Gasteiger partial charge in [-0.2, -0.15) is 0 Å². The minimum atomic E-state index is -0.212.